The smallest absolute Gasteiger partial charge is 0.155 e. The summed E-state index contributed by atoms with van der Waals surface area (Å²) in [5.74, 6) is 0.375. The van der Waals surface area contributed by atoms with Gasteiger partial charge in [-0.3, -0.25) is 0 Å². The summed E-state index contributed by atoms with van der Waals surface area (Å²) in [4.78, 5) is 5.46. The first kappa shape index (κ1) is 12.3. The number of benzene rings is 1. The molecule has 1 aliphatic heterocycles. The molecule has 1 aromatic carbocycles. The summed E-state index contributed by atoms with van der Waals surface area (Å²) in [6, 6.07) is 7.91. The second-order valence-electron chi connectivity index (χ2n) is 4.24. The normalized spacial score (nSPS) is 17.4. The number of nitrogens with zero attached hydrogens (tertiary/aromatic N) is 1. The van der Waals surface area contributed by atoms with E-state index in [2.05, 4.69) is 20.9 Å². The van der Waals surface area contributed by atoms with Crippen molar-refractivity contribution in [2.24, 2.45) is 0 Å². The molecule has 0 saturated heterocycles. The average molecular weight is 344 g/mol. The van der Waals surface area contributed by atoms with Gasteiger partial charge in [0.1, 0.15) is 5.01 Å². The minimum absolute atomic E-state index is 0.149. The Morgan fingerprint density at radius 2 is 1.94 bits per heavy atom. The van der Waals surface area contributed by atoms with E-state index in [0.29, 0.717) is 6.42 Å². The maximum absolute atomic E-state index is 11.6. The third-order valence-electron chi connectivity index (χ3n) is 2.87. The Hall–Kier alpha value is -0.720. The fourth-order valence-electron chi connectivity index (χ4n) is 1.93. The molecule has 0 bridgehead atoms. The van der Waals surface area contributed by atoms with Crippen LogP contribution in [0.5, 0.6) is 0 Å². The number of halogens is 1. The first-order chi connectivity index (χ1) is 8.53. The van der Waals surface area contributed by atoms with Crippen LogP contribution in [0.15, 0.2) is 28.7 Å². The number of aryl methyl sites for hydroxylation is 1. The van der Waals surface area contributed by atoms with Gasteiger partial charge in [-0.15, -0.1) is 11.3 Å². The topological polar surface area (TPSA) is 47.0 Å². The third-order valence-corrected chi connectivity index (χ3v) is 6.28. The summed E-state index contributed by atoms with van der Waals surface area (Å²) in [5.41, 5.74) is 1.99. The van der Waals surface area contributed by atoms with Gasteiger partial charge in [0, 0.05) is 21.3 Å². The highest BCUT2D eigenvalue weighted by atomic mass is 79.9. The molecule has 1 aromatic heterocycles. The van der Waals surface area contributed by atoms with Crippen molar-refractivity contribution in [3.8, 4) is 10.6 Å². The van der Waals surface area contributed by atoms with Gasteiger partial charge in [-0.2, -0.15) is 0 Å². The number of aromatic nitrogens is 1. The SMILES string of the molecule is O=S1(=O)CCc2nc(-c3ccc(Br)cc3)sc2C1. The average Bonchev–Trinajstić information content (AvgIpc) is 2.71. The highest BCUT2D eigenvalue weighted by Gasteiger charge is 2.25. The predicted octanol–water partition coefficient (Wildman–Crippen LogP) is 3.04. The minimum atomic E-state index is -2.91. The molecule has 2 aromatic rings. The van der Waals surface area contributed by atoms with Crippen LogP contribution in [0.3, 0.4) is 0 Å². The van der Waals surface area contributed by atoms with E-state index in [1.54, 1.807) is 0 Å². The van der Waals surface area contributed by atoms with Crippen LogP contribution in [0.1, 0.15) is 10.6 Å². The molecule has 0 spiro atoms. The van der Waals surface area contributed by atoms with Crippen molar-refractivity contribution >= 4 is 37.1 Å². The Morgan fingerprint density at radius 3 is 2.67 bits per heavy atom. The van der Waals surface area contributed by atoms with Crippen LogP contribution in [0, 0.1) is 0 Å². The molecular weight excluding hydrogens is 334 g/mol. The molecule has 0 radical (unpaired) electrons. The van der Waals surface area contributed by atoms with Crippen molar-refractivity contribution in [2.75, 3.05) is 5.75 Å². The molecule has 0 fully saturated rings. The molecule has 3 nitrogen and oxygen atoms in total. The van der Waals surface area contributed by atoms with Crippen LogP contribution in [-0.4, -0.2) is 19.2 Å². The van der Waals surface area contributed by atoms with Gasteiger partial charge in [0.15, 0.2) is 9.84 Å². The fraction of sp³-hybridized carbons (Fsp3) is 0.250. The second-order valence-corrected chi connectivity index (χ2v) is 8.42. The summed E-state index contributed by atoms with van der Waals surface area (Å²) in [6.07, 6.45) is 0.546. The zero-order chi connectivity index (χ0) is 12.8. The lowest BCUT2D eigenvalue weighted by Gasteiger charge is -2.09. The summed E-state index contributed by atoms with van der Waals surface area (Å²) in [5, 5.41) is 0.907. The zero-order valence-corrected chi connectivity index (χ0v) is 12.6. The second kappa shape index (κ2) is 4.43. The molecule has 2 heterocycles. The molecule has 0 aliphatic carbocycles. The number of hydrogen-bond donors (Lipinski definition) is 0. The van der Waals surface area contributed by atoms with Crippen LogP contribution < -0.4 is 0 Å². The number of sulfone groups is 1. The Labute approximate surface area is 118 Å². The van der Waals surface area contributed by atoms with Crippen molar-refractivity contribution < 1.29 is 8.42 Å². The van der Waals surface area contributed by atoms with E-state index in [4.69, 9.17) is 0 Å². The van der Waals surface area contributed by atoms with Crippen LogP contribution in [0.4, 0.5) is 0 Å². The van der Waals surface area contributed by atoms with Gasteiger partial charge in [0.25, 0.3) is 0 Å². The minimum Gasteiger partial charge on any atom is -0.241 e. The maximum Gasteiger partial charge on any atom is 0.155 e. The first-order valence-corrected chi connectivity index (χ1v) is 8.91. The summed E-state index contributed by atoms with van der Waals surface area (Å²) in [7, 11) is -2.91. The van der Waals surface area contributed by atoms with E-state index in [1.807, 2.05) is 24.3 Å². The lowest BCUT2D eigenvalue weighted by molar-refractivity contribution is 0.591. The lowest BCUT2D eigenvalue weighted by Crippen LogP contribution is -2.17. The highest BCUT2D eigenvalue weighted by molar-refractivity contribution is 9.10. The van der Waals surface area contributed by atoms with Crippen LogP contribution >= 0.6 is 27.3 Å². The summed E-state index contributed by atoms with van der Waals surface area (Å²) in [6.45, 7) is 0. The van der Waals surface area contributed by atoms with Gasteiger partial charge in [-0.1, -0.05) is 28.1 Å². The van der Waals surface area contributed by atoms with Gasteiger partial charge in [0.2, 0.25) is 0 Å². The number of rotatable bonds is 1. The highest BCUT2D eigenvalue weighted by Crippen LogP contribution is 2.32. The molecular formula is C12H10BrNO2S2. The number of hydrogen-bond acceptors (Lipinski definition) is 4. The van der Waals surface area contributed by atoms with Crippen molar-refractivity contribution in [3.63, 3.8) is 0 Å². The molecule has 3 rings (SSSR count). The molecule has 18 heavy (non-hydrogen) atoms. The van der Waals surface area contributed by atoms with Gasteiger partial charge >= 0.3 is 0 Å². The molecule has 0 amide bonds. The maximum atomic E-state index is 11.6. The van der Waals surface area contributed by atoms with E-state index >= 15 is 0 Å². The van der Waals surface area contributed by atoms with Crippen LogP contribution in [-0.2, 0) is 22.0 Å². The van der Waals surface area contributed by atoms with Crippen molar-refractivity contribution in [3.05, 3.63) is 39.3 Å². The number of fused-ring (bicyclic) bond motifs is 1. The van der Waals surface area contributed by atoms with Gasteiger partial charge < -0.3 is 0 Å². The predicted molar refractivity (Wildman–Crippen MR) is 76.4 cm³/mol. The van der Waals surface area contributed by atoms with E-state index in [0.717, 1.165) is 25.6 Å². The Morgan fingerprint density at radius 1 is 1.22 bits per heavy atom. The van der Waals surface area contributed by atoms with Crippen molar-refractivity contribution in [2.45, 2.75) is 12.2 Å². The molecule has 94 valence electrons. The molecule has 0 saturated carbocycles. The number of thiazole rings is 1. The molecule has 0 unspecified atom stereocenters. The molecule has 0 atom stereocenters. The largest absolute Gasteiger partial charge is 0.241 e. The summed E-state index contributed by atoms with van der Waals surface area (Å²) >= 11 is 4.88. The van der Waals surface area contributed by atoms with Crippen LogP contribution in [0.2, 0.25) is 0 Å². The van der Waals surface area contributed by atoms with Gasteiger partial charge in [-0.05, 0) is 12.1 Å². The first-order valence-electron chi connectivity index (χ1n) is 5.48. The monoisotopic (exact) mass is 343 g/mol. The third kappa shape index (κ3) is 2.37. The van der Waals surface area contributed by atoms with E-state index in [1.165, 1.54) is 11.3 Å². The van der Waals surface area contributed by atoms with E-state index < -0.39 is 9.84 Å². The van der Waals surface area contributed by atoms with Crippen LogP contribution in [0.25, 0.3) is 10.6 Å². The van der Waals surface area contributed by atoms with Crippen molar-refractivity contribution in [1.82, 2.24) is 4.98 Å². The van der Waals surface area contributed by atoms with E-state index in [-0.39, 0.29) is 11.5 Å². The fourth-order valence-corrected chi connectivity index (χ4v) is 5.09. The molecule has 1 aliphatic rings. The Balaban J connectivity index is 2.01. The quantitative estimate of drug-likeness (QED) is 0.799. The van der Waals surface area contributed by atoms with Gasteiger partial charge in [0.05, 0.1) is 17.2 Å². The Bertz CT molecular complexity index is 689. The summed E-state index contributed by atoms with van der Waals surface area (Å²) < 4.78 is 24.2. The lowest BCUT2D eigenvalue weighted by atomic mass is 10.2. The van der Waals surface area contributed by atoms with Gasteiger partial charge in [-0.25, -0.2) is 13.4 Å². The van der Waals surface area contributed by atoms with Crippen molar-refractivity contribution in [1.29, 1.82) is 0 Å². The standard InChI is InChI=1S/C12H10BrNO2S2/c13-9-3-1-8(2-4-9)12-14-10-5-6-18(15,16)7-11(10)17-12/h1-4H,5-7H2. The molecule has 0 N–H and O–H groups in total. The zero-order valence-electron chi connectivity index (χ0n) is 9.39. The Kier molecular flexibility index (Phi) is 3.03. The molecule has 6 heteroatoms. The van der Waals surface area contributed by atoms with E-state index in [9.17, 15) is 8.42 Å².